The third-order valence-electron chi connectivity index (χ3n) is 3.59. The molecule has 1 aromatic rings. The van der Waals surface area contributed by atoms with Crippen LogP contribution in [-0.2, 0) is 0 Å². The molecule has 1 fully saturated rings. The summed E-state index contributed by atoms with van der Waals surface area (Å²) in [5.41, 5.74) is 1.25. The van der Waals surface area contributed by atoms with Gasteiger partial charge in [0, 0.05) is 0 Å². The highest BCUT2D eigenvalue weighted by Gasteiger charge is 2.19. The van der Waals surface area contributed by atoms with Gasteiger partial charge >= 0.3 is 6.61 Å². The van der Waals surface area contributed by atoms with Gasteiger partial charge in [0.2, 0.25) is 0 Å². The molecule has 1 aliphatic rings. The number of halogens is 2. The molecule has 1 aliphatic carbocycles. The maximum absolute atomic E-state index is 12.0. The van der Waals surface area contributed by atoms with Gasteiger partial charge in [-0.2, -0.15) is 8.78 Å². The summed E-state index contributed by atoms with van der Waals surface area (Å²) >= 11 is 0. The first-order chi connectivity index (χ1) is 8.15. The molecular formula is C14H18F2O. The molecule has 1 aromatic carbocycles. The van der Waals surface area contributed by atoms with E-state index in [1.165, 1.54) is 31.2 Å². The van der Waals surface area contributed by atoms with E-state index in [2.05, 4.69) is 11.7 Å². The second kappa shape index (κ2) is 5.48. The van der Waals surface area contributed by atoms with E-state index in [1.54, 1.807) is 12.1 Å². The van der Waals surface area contributed by atoms with Crippen molar-refractivity contribution in [2.75, 3.05) is 0 Å². The van der Waals surface area contributed by atoms with Crippen LogP contribution in [-0.4, -0.2) is 6.61 Å². The van der Waals surface area contributed by atoms with Gasteiger partial charge in [0.05, 0.1) is 0 Å². The van der Waals surface area contributed by atoms with E-state index in [9.17, 15) is 8.78 Å². The Kier molecular flexibility index (Phi) is 3.97. The molecule has 0 aromatic heterocycles. The Morgan fingerprint density at radius 1 is 1.06 bits per heavy atom. The lowest BCUT2D eigenvalue weighted by molar-refractivity contribution is -0.0498. The van der Waals surface area contributed by atoms with Crippen molar-refractivity contribution in [3.8, 4) is 5.75 Å². The Balaban J connectivity index is 1.97. The highest BCUT2D eigenvalue weighted by Crippen LogP contribution is 2.35. The Hall–Kier alpha value is -1.12. The van der Waals surface area contributed by atoms with Crippen LogP contribution in [0.25, 0.3) is 0 Å². The molecule has 0 radical (unpaired) electrons. The first kappa shape index (κ1) is 12.3. The lowest BCUT2D eigenvalue weighted by Gasteiger charge is -2.26. The van der Waals surface area contributed by atoms with Crippen molar-refractivity contribution in [3.05, 3.63) is 29.8 Å². The van der Waals surface area contributed by atoms with E-state index in [-0.39, 0.29) is 5.75 Å². The third-order valence-corrected chi connectivity index (χ3v) is 3.59. The van der Waals surface area contributed by atoms with Gasteiger partial charge < -0.3 is 4.74 Å². The van der Waals surface area contributed by atoms with Crippen molar-refractivity contribution >= 4 is 0 Å². The standard InChI is InChI=1S/C14H18F2O/c1-10-2-4-11(5-3-10)12-6-8-13(9-7-12)17-14(15)16/h6-11,14H,2-5H2,1H3. The molecule has 17 heavy (non-hydrogen) atoms. The van der Waals surface area contributed by atoms with Crippen molar-refractivity contribution in [2.45, 2.75) is 45.1 Å². The number of benzene rings is 1. The minimum Gasteiger partial charge on any atom is -0.435 e. The Morgan fingerprint density at radius 2 is 1.65 bits per heavy atom. The molecule has 1 nitrogen and oxygen atoms in total. The van der Waals surface area contributed by atoms with Crippen molar-refractivity contribution in [1.82, 2.24) is 0 Å². The first-order valence-corrected chi connectivity index (χ1v) is 6.20. The van der Waals surface area contributed by atoms with Crippen molar-refractivity contribution in [2.24, 2.45) is 5.92 Å². The SMILES string of the molecule is CC1CCC(c2ccc(OC(F)F)cc2)CC1. The van der Waals surface area contributed by atoms with Crippen LogP contribution in [0.1, 0.15) is 44.1 Å². The van der Waals surface area contributed by atoms with Crippen LogP contribution < -0.4 is 4.74 Å². The smallest absolute Gasteiger partial charge is 0.387 e. The van der Waals surface area contributed by atoms with E-state index < -0.39 is 6.61 Å². The Labute approximate surface area is 101 Å². The number of ether oxygens (including phenoxy) is 1. The average molecular weight is 240 g/mol. The van der Waals surface area contributed by atoms with Gasteiger partial charge in [-0.3, -0.25) is 0 Å². The zero-order valence-electron chi connectivity index (χ0n) is 10.0. The summed E-state index contributed by atoms with van der Waals surface area (Å²) in [5.74, 6) is 1.66. The third kappa shape index (κ3) is 3.42. The predicted molar refractivity (Wildman–Crippen MR) is 63.4 cm³/mol. The van der Waals surface area contributed by atoms with Gasteiger partial charge in [-0.05, 0) is 42.4 Å². The summed E-state index contributed by atoms with van der Waals surface area (Å²) in [6.07, 6.45) is 4.94. The molecule has 0 N–H and O–H groups in total. The van der Waals surface area contributed by atoms with E-state index in [1.807, 2.05) is 12.1 Å². The molecule has 0 amide bonds. The van der Waals surface area contributed by atoms with E-state index >= 15 is 0 Å². The van der Waals surface area contributed by atoms with Crippen molar-refractivity contribution in [3.63, 3.8) is 0 Å². The van der Waals surface area contributed by atoms with Crippen LogP contribution in [0.5, 0.6) is 5.75 Å². The molecule has 1 saturated carbocycles. The molecule has 3 heteroatoms. The summed E-state index contributed by atoms with van der Waals surface area (Å²) < 4.78 is 28.3. The number of rotatable bonds is 3. The van der Waals surface area contributed by atoms with Crippen molar-refractivity contribution in [1.29, 1.82) is 0 Å². The molecule has 0 unspecified atom stereocenters. The molecule has 0 bridgehead atoms. The van der Waals surface area contributed by atoms with Crippen LogP contribution in [0.3, 0.4) is 0 Å². The number of alkyl halides is 2. The molecule has 0 saturated heterocycles. The second-order valence-corrected chi connectivity index (χ2v) is 4.90. The zero-order chi connectivity index (χ0) is 12.3. The zero-order valence-corrected chi connectivity index (χ0v) is 10.0. The van der Waals surface area contributed by atoms with Crippen LogP contribution in [0.4, 0.5) is 8.78 Å². The van der Waals surface area contributed by atoms with E-state index in [4.69, 9.17) is 0 Å². The normalized spacial score (nSPS) is 24.9. The highest BCUT2D eigenvalue weighted by atomic mass is 19.3. The van der Waals surface area contributed by atoms with Gasteiger partial charge in [0.1, 0.15) is 5.75 Å². The van der Waals surface area contributed by atoms with Gasteiger partial charge in [-0.25, -0.2) is 0 Å². The number of hydrogen-bond donors (Lipinski definition) is 0. The molecule has 2 rings (SSSR count). The number of hydrogen-bond acceptors (Lipinski definition) is 1. The fraction of sp³-hybridized carbons (Fsp3) is 0.571. The summed E-state index contributed by atoms with van der Waals surface area (Å²) in [6, 6.07) is 7.11. The Morgan fingerprint density at radius 3 is 2.18 bits per heavy atom. The van der Waals surface area contributed by atoms with Gasteiger partial charge in [0.25, 0.3) is 0 Å². The monoisotopic (exact) mass is 240 g/mol. The minimum atomic E-state index is -2.74. The lowest BCUT2D eigenvalue weighted by atomic mass is 9.79. The maximum Gasteiger partial charge on any atom is 0.387 e. The predicted octanol–water partition coefficient (Wildman–Crippen LogP) is 4.58. The largest absolute Gasteiger partial charge is 0.435 e. The summed E-state index contributed by atoms with van der Waals surface area (Å²) in [7, 11) is 0. The molecule has 94 valence electrons. The van der Waals surface area contributed by atoms with Crippen LogP contribution >= 0.6 is 0 Å². The second-order valence-electron chi connectivity index (χ2n) is 4.90. The first-order valence-electron chi connectivity index (χ1n) is 6.20. The average Bonchev–Trinajstić information content (AvgIpc) is 2.30. The lowest BCUT2D eigenvalue weighted by Crippen LogP contribution is -2.10. The van der Waals surface area contributed by atoms with Gasteiger partial charge in [-0.15, -0.1) is 0 Å². The fourth-order valence-electron chi connectivity index (χ4n) is 2.51. The summed E-state index contributed by atoms with van der Waals surface area (Å²) in [4.78, 5) is 0. The van der Waals surface area contributed by atoms with Gasteiger partial charge in [0.15, 0.2) is 0 Å². The molecule has 0 aliphatic heterocycles. The molecule has 0 heterocycles. The Bertz CT molecular complexity index is 340. The molecule has 0 atom stereocenters. The summed E-state index contributed by atoms with van der Waals surface area (Å²) in [5, 5.41) is 0. The summed E-state index contributed by atoms with van der Waals surface area (Å²) in [6.45, 7) is -0.452. The van der Waals surface area contributed by atoms with Crippen molar-refractivity contribution < 1.29 is 13.5 Å². The quantitative estimate of drug-likeness (QED) is 0.751. The minimum absolute atomic E-state index is 0.243. The topological polar surface area (TPSA) is 9.23 Å². The molecule has 0 spiro atoms. The van der Waals surface area contributed by atoms with Gasteiger partial charge in [-0.1, -0.05) is 31.9 Å². The van der Waals surface area contributed by atoms with Crippen LogP contribution in [0.2, 0.25) is 0 Å². The highest BCUT2D eigenvalue weighted by molar-refractivity contribution is 5.29. The molecular weight excluding hydrogens is 222 g/mol. The fourth-order valence-corrected chi connectivity index (χ4v) is 2.51. The van der Waals surface area contributed by atoms with E-state index in [0.29, 0.717) is 5.92 Å². The maximum atomic E-state index is 12.0. The van der Waals surface area contributed by atoms with Crippen LogP contribution in [0.15, 0.2) is 24.3 Å². The van der Waals surface area contributed by atoms with Crippen LogP contribution in [0, 0.1) is 5.92 Å². The van der Waals surface area contributed by atoms with E-state index in [0.717, 1.165) is 5.92 Å².